The van der Waals surface area contributed by atoms with Gasteiger partial charge in [0.05, 0.1) is 38.0 Å². The molecule has 2 aliphatic heterocycles. The first-order valence-corrected chi connectivity index (χ1v) is 10.3. The summed E-state index contributed by atoms with van der Waals surface area (Å²) in [7, 11) is 1.56. The second-order valence-corrected chi connectivity index (χ2v) is 7.52. The lowest BCUT2D eigenvalue weighted by atomic mass is 10.1. The average Bonchev–Trinajstić information content (AvgIpc) is 3.04. The highest BCUT2D eigenvalue weighted by atomic mass is 16.5. The Bertz CT molecular complexity index is 1000. The molecule has 8 heteroatoms. The zero-order chi connectivity index (χ0) is 21.8. The van der Waals surface area contributed by atoms with Gasteiger partial charge in [-0.25, -0.2) is 0 Å². The van der Waals surface area contributed by atoms with Gasteiger partial charge in [-0.2, -0.15) is 0 Å². The fraction of sp³-hybridized carbons (Fsp3) is 0.348. The molecule has 0 unspecified atom stereocenters. The van der Waals surface area contributed by atoms with Crippen LogP contribution in [-0.4, -0.2) is 74.0 Å². The number of ether oxygens (including phenoxy) is 2. The molecule has 1 fully saturated rings. The van der Waals surface area contributed by atoms with Gasteiger partial charge in [0.25, 0.3) is 17.7 Å². The van der Waals surface area contributed by atoms with Crippen molar-refractivity contribution in [1.82, 2.24) is 15.1 Å². The van der Waals surface area contributed by atoms with Gasteiger partial charge in [0.1, 0.15) is 5.75 Å². The molecule has 2 aliphatic rings. The summed E-state index contributed by atoms with van der Waals surface area (Å²) in [5.74, 6) is -0.361. The molecule has 1 saturated heterocycles. The van der Waals surface area contributed by atoms with E-state index < -0.39 is 5.91 Å². The zero-order valence-corrected chi connectivity index (χ0v) is 17.4. The maximum absolute atomic E-state index is 12.9. The number of fused-ring (bicyclic) bond motifs is 1. The summed E-state index contributed by atoms with van der Waals surface area (Å²) in [4.78, 5) is 41.6. The van der Waals surface area contributed by atoms with Crippen molar-refractivity contribution in [2.45, 2.75) is 6.54 Å². The van der Waals surface area contributed by atoms with Crippen molar-refractivity contribution in [3.8, 4) is 5.75 Å². The number of amides is 3. The molecule has 0 saturated carbocycles. The number of imide groups is 1. The number of rotatable bonds is 7. The molecule has 0 bridgehead atoms. The van der Waals surface area contributed by atoms with Crippen LogP contribution in [0.1, 0.15) is 36.6 Å². The third-order valence-electron chi connectivity index (χ3n) is 5.53. The SMILES string of the molecule is COc1cccc(CN2C(=O)c3ccc(C(=O)NCCN4CCOCC4)cc3C2=O)c1. The number of benzene rings is 2. The summed E-state index contributed by atoms with van der Waals surface area (Å²) < 4.78 is 10.5. The molecule has 162 valence electrons. The molecule has 1 N–H and O–H groups in total. The van der Waals surface area contributed by atoms with Gasteiger partial charge >= 0.3 is 0 Å². The molecular weight excluding hydrogens is 398 g/mol. The van der Waals surface area contributed by atoms with Gasteiger partial charge < -0.3 is 14.8 Å². The van der Waals surface area contributed by atoms with Crippen LogP contribution in [0.25, 0.3) is 0 Å². The largest absolute Gasteiger partial charge is 0.497 e. The van der Waals surface area contributed by atoms with Crippen LogP contribution in [0.2, 0.25) is 0 Å². The van der Waals surface area contributed by atoms with E-state index in [1.807, 2.05) is 12.1 Å². The number of hydrogen-bond acceptors (Lipinski definition) is 6. The Balaban J connectivity index is 1.41. The fourth-order valence-electron chi connectivity index (χ4n) is 3.78. The van der Waals surface area contributed by atoms with E-state index in [1.54, 1.807) is 31.4 Å². The molecule has 8 nitrogen and oxygen atoms in total. The summed E-state index contributed by atoms with van der Waals surface area (Å²) in [5, 5.41) is 2.88. The van der Waals surface area contributed by atoms with Gasteiger partial charge in [0.2, 0.25) is 0 Å². The van der Waals surface area contributed by atoms with Crippen LogP contribution >= 0.6 is 0 Å². The van der Waals surface area contributed by atoms with Crippen LogP contribution in [0.5, 0.6) is 5.75 Å². The van der Waals surface area contributed by atoms with Crippen LogP contribution in [0.15, 0.2) is 42.5 Å². The van der Waals surface area contributed by atoms with Crippen LogP contribution in [0.3, 0.4) is 0 Å². The first-order valence-electron chi connectivity index (χ1n) is 10.3. The molecule has 0 aromatic heterocycles. The predicted molar refractivity (Wildman–Crippen MR) is 113 cm³/mol. The van der Waals surface area contributed by atoms with Crippen LogP contribution in [0, 0.1) is 0 Å². The third kappa shape index (κ3) is 4.60. The summed E-state index contributed by atoms with van der Waals surface area (Å²) in [5.41, 5.74) is 1.73. The molecule has 4 rings (SSSR count). The minimum atomic E-state index is -0.397. The smallest absolute Gasteiger partial charge is 0.261 e. The van der Waals surface area contributed by atoms with Gasteiger partial charge in [-0.05, 0) is 35.9 Å². The van der Waals surface area contributed by atoms with Crippen molar-refractivity contribution in [1.29, 1.82) is 0 Å². The minimum Gasteiger partial charge on any atom is -0.497 e. The molecule has 2 heterocycles. The van der Waals surface area contributed by atoms with Gasteiger partial charge in [0.15, 0.2) is 0 Å². The Hall–Kier alpha value is -3.23. The van der Waals surface area contributed by atoms with Crippen molar-refractivity contribution in [3.63, 3.8) is 0 Å². The van der Waals surface area contributed by atoms with E-state index in [4.69, 9.17) is 9.47 Å². The number of nitrogens with one attached hydrogen (secondary N) is 1. The fourth-order valence-corrected chi connectivity index (χ4v) is 3.78. The molecule has 0 radical (unpaired) electrons. The Morgan fingerprint density at radius 1 is 1.06 bits per heavy atom. The van der Waals surface area contributed by atoms with Crippen molar-refractivity contribution in [2.75, 3.05) is 46.5 Å². The van der Waals surface area contributed by atoms with E-state index in [0.717, 1.165) is 25.2 Å². The summed E-state index contributed by atoms with van der Waals surface area (Å²) >= 11 is 0. The van der Waals surface area contributed by atoms with Gasteiger partial charge in [-0.15, -0.1) is 0 Å². The average molecular weight is 423 g/mol. The van der Waals surface area contributed by atoms with Gasteiger partial charge in [0, 0.05) is 31.7 Å². The molecular formula is C23H25N3O5. The number of carbonyl (C=O) groups is 3. The minimum absolute atomic E-state index is 0.143. The molecule has 3 amide bonds. The second kappa shape index (κ2) is 9.28. The third-order valence-corrected chi connectivity index (χ3v) is 5.53. The zero-order valence-electron chi connectivity index (χ0n) is 17.4. The van der Waals surface area contributed by atoms with Crippen molar-refractivity contribution in [3.05, 3.63) is 64.7 Å². The normalized spacial score (nSPS) is 16.4. The Labute approximate surface area is 180 Å². The topological polar surface area (TPSA) is 88.2 Å². The Kier molecular flexibility index (Phi) is 6.29. The second-order valence-electron chi connectivity index (χ2n) is 7.52. The van der Waals surface area contributed by atoms with Crippen LogP contribution < -0.4 is 10.1 Å². The standard InChI is InChI=1S/C23H25N3O5/c1-30-18-4-2-3-16(13-18)15-26-22(28)19-6-5-17(14-20(19)23(26)29)21(27)24-7-8-25-9-11-31-12-10-25/h2-6,13-14H,7-12,15H2,1H3,(H,24,27). The maximum Gasteiger partial charge on any atom is 0.261 e. The molecule has 31 heavy (non-hydrogen) atoms. The Morgan fingerprint density at radius 3 is 2.61 bits per heavy atom. The maximum atomic E-state index is 12.9. The predicted octanol–water partition coefficient (Wildman–Crippen LogP) is 1.55. The number of nitrogens with zero attached hydrogens (tertiary/aromatic N) is 2. The summed E-state index contributed by atoms with van der Waals surface area (Å²) in [6.45, 7) is 4.52. The van der Waals surface area contributed by atoms with Gasteiger partial charge in [-0.1, -0.05) is 12.1 Å². The lowest BCUT2D eigenvalue weighted by Crippen LogP contribution is -2.41. The van der Waals surface area contributed by atoms with E-state index in [-0.39, 0.29) is 23.9 Å². The first kappa shape index (κ1) is 21.0. The van der Waals surface area contributed by atoms with E-state index in [9.17, 15) is 14.4 Å². The lowest BCUT2D eigenvalue weighted by molar-refractivity contribution is 0.0383. The molecule has 0 spiro atoms. The van der Waals surface area contributed by atoms with E-state index in [1.165, 1.54) is 11.0 Å². The van der Waals surface area contributed by atoms with Gasteiger partial charge in [-0.3, -0.25) is 24.2 Å². The highest BCUT2D eigenvalue weighted by molar-refractivity contribution is 6.22. The van der Waals surface area contributed by atoms with Crippen molar-refractivity contribution < 1.29 is 23.9 Å². The molecule has 2 aromatic rings. The van der Waals surface area contributed by atoms with E-state index in [2.05, 4.69) is 10.2 Å². The monoisotopic (exact) mass is 423 g/mol. The molecule has 0 aliphatic carbocycles. The summed E-state index contributed by atoms with van der Waals surface area (Å²) in [6.07, 6.45) is 0. The summed E-state index contributed by atoms with van der Waals surface area (Å²) in [6, 6.07) is 11.9. The quantitative estimate of drug-likeness (QED) is 0.680. The molecule has 0 atom stereocenters. The van der Waals surface area contributed by atoms with Crippen LogP contribution in [-0.2, 0) is 11.3 Å². The lowest BCUT2D eigenvalue weighted by Gasteiger charge is -2.26. The number of carbonyl (C=O) groups excluding carboxylic acids is 3. The first-order chi connectivity index (χ1) is 15.1. The highest BCUT2D eigenvalue weighted by Gasteiger charge is 2.36. The highest BCUT2D eigenvalue weighted by Crippen LogP contribution is 2.26. The van der Waals surface area contributed by atoms with E-state index >= 15 is 0 Å². The molecule has 2 aromatic carbocycles. The van der Waals surface area contributed by atoms with E-state index in [0.29, 0.717) is 36.6 Å². The number of morpholine rings is 1. The van der Waals surface area contributed by atoms with Crippen LogP contribution in [0.4, 0.5) is 0 Å². The Morgan fingerprint density at radius 2 is 1.84 bits per heavy atom. The number of methoxy groups -OCH3 is 1. The number of hydrogen-bond donors (Lipinski definition) is 1. The van der Waals surface area contributed by atoms with Crippen molar-refractivity contribution >= 4 is 17.7 Å². The van der Waals surface area contributed by atoms with Crippen molar-refractivity contribution in [2.24, 2.45) is 0 Å².